The Morgan fingerprint density at radius 2 is 2.54 bits per heavy atom. The summed E-state index contributed by atoms with van der Waals surface area (Å²) in [7, 11) is 1.27. The number of esters is 1. The van der Waals surface area contributed by atoms with E-state index in [-0.39, 0.29) is 5.82 Å². The van der Waals surface area contributed by atoms with Crippen LogP contribution in [0.25, 0.3) is 10.4 Å². The summed E-state index contributed by atoms with van der Waals surface area (Å²) in [5.41, 5.74) is 8.41. The topological polar surface area (TPSA) is 88.0 Å². The van der Waals surface area contributed by atoms with Gasteiger partial charge in [0.1, 0.15) is 5.82 Å². The van der Waals surface area contributed by atoms with Crippen LogP contribution in [0.1, 0.15) is 10.4 Å². The fourth-order valence-corrected chi connectivity index (χ4v) is 0.764. The molecule has 0 aliphatic carbocycles. The maximum atomic E-state index is 11.0. The molecule has 0 radical (unpaired) electrons. The van der Waals surface area contributed by atoms with E-state index in [1.165, 1.54) is 25.4 Å². The Labute approximate surface area is 73.8 Å². The van der Waals surface area contributed by atoms with Crippen LogP contribution < -0.4 is 0 Å². The number of ether oxygens (including phenoxy) is 1. The molecule has 6 nitrogen and oxygen atoms in total. The van der Waals surface area contributed by atoms with Gasteiger partial charge in [0.15, 0.2) is 0 Å². The second-order valence-electron chi connectivity index (χ2n) is 2.08. The molecule has 0 fully saturated rings. The lowest BCUT2D eigenvalue weighted by Crippen LogP contribution is -2.00. The van der Waals surface area contributed by atoms with Gasteiger partial charge in [0.2, 0.25) is 0 Å². The molecule has 0 aliphatic rings. The van der Waals surface area contributed by atoms with Crippen molar-refractivity contribution in [2.75, 3.05) is 7.11 Å². The third-order valence-electron chi connectivity index (χ3n) is 1.31. The van der Waals surface area contributed by atoms with Gasteiger partial charge in [-0.25, -0.2) is 4.79 Å². The molecule has 6 heteroatoms. The van der Waals surface area contributed by atoms with Gasteiger partial charge in [-0.05, 0) is 22.8 Å². The van der Waals surface area contributed by atoms with Gasteiger partial charge in [-0.3, -0.25) is 4.98 Å². The van der Waals surface area contributed by atoms with Crippen molar-refractivity contribution in [2.24, 2.45) is 5.11 Å². The van der Waals surface area contributed by atoms with E-state index in [0.717, 1.165) is 0 Å². The zero-order chi connectivity index (χ0) is 9.68. The molecule has 0 unspecified atom stereocenters. The van der Waals surface area contributed by atoms with Crippen molar-refractivity contribution in [3.63, 3.8) is 0 Å². The Balaban J connectivity index is 3.04. The van der Waals surface area contributed by atoms with Crippen molar-refractivity contribution < 1.29 is 9.53 Å². The van der Waals surface area contributed by atoms with Crippen LogP contribution in [-0.2, 0) is 4.74 Å². The molecule has 1 heterocycles. The molecule has 1 rings (SSSR count). The summed E-state index contributed by atoms with van der Waals surface area (Å²) in [4.78, 5) is 17.2. The van der Waals surface area contributed by atoms with Crippen LogP contribution >= 0.6 is 0 Å². The minimum Gasteiger partial charge on any atom is -0.465 e. The molecule has 1 aromatic heterocycles. The predicted molar refractivity (Wildman–Crippen MR) is 44.4 cm³/mol. The van der Waals surface area contributed by atoms with E-state index in [1.807, 2.05) is 0 Å². The number of rotatable bonds is 2. The number of carbonyl (C=O) groups excluding carboxylic acids is 1. The first kappa shape index (κ1) is 9.02. The van der Waals surface area contributed by atoms with Crippen molar-refractivity contribution in [1.29, 1.82) is 0 Å². The average Bonchev–Trinajstić information content (AvgIpc) is 2.18. The van der Waals surface area contributed by atoms with Crippen molar-refractivity contribution in [3.05, 3.63) is 34.3 Å². The van der Waals surface area contributed by atoms with Gasteiger partial charge >= 0.3 is 5.97 Å². The highest BCUT2D eigenvalue weighted by molar-refractivity contribution is 5.89. The molecule has 1 aromatic rings. The summed E-state index contributed by atoms with van der Waals surface area (Å²) in [5, 5.41) is 3.25. The normalized spacial score (nSPS) is 8.69. The van der Waals surface area contributed by atoms with E-state index in [9.17, 15) is 4.79 Å². The Morgan fingerprint density at radius 3 is 3.15 bits per heavy atom. The molecule has 0 bridgehead atoms. The van der Waals surface area contributed by atoms with Crippen molar-refractivity contribution in [2.45, 2.75) is 0 Å². The number of aromatic nitrogens is 1. The van der Waals surface area contributed by atoms with Crippen LogP contribution in [-0.4, -0.2) is 18.1 Å². The number of nitrogens with zero attached hydrogens (tertiary/aromatic N) is 4. The summed E-state index contributed by atoms with van der Waals surface area (Å²) in [6.07, 6.45) is 1.37. The van der Waals surface area contributed by atoms with Gasteiger partial charge in [-0.1, -0.05) is 0 Å². The lowest BCUT2D eigenvalue weighted by atomic mass is 10.3. The van der Waals surface area contributed by atoms with E-state index < -0.39 is 5.97 Å². The highest BCUT2D eigenvalue weighted by atomic mass is 16.5. The van der Waals surface area contributed by atoms with Crippen LogP contribution in [0.3, 0.4) is 0 Å². The summed E-state index contributed by atoms with van der Waals surface area (Å²) in [6, 6.07) is 2.83. The first-order valence-corrected chi connectivity index (χ1v) is 3.37. The largest absolute Gasteiger partial charge is 0.465 e. The zero-order valence-corrected chi connectivity index (χ0v) is 6.84. The van der Waals surface area contributed by atoms with Crippen LogP contribution in [0.2, 0.25) is 0 Å². The number of methoxy groups -OCH3 is 1. The quantitative estimate of drug-likeness (QED) is 0.299. The summed E-state index contributed by atoms with van der Waals surface area (Å²) < 4.78 is 4.47. The van der Waals surface area contributed by atoms with E-state index >= 15 is 0 Å². The molecular formula is C7H6N4O2. The van der Waals surface area contributed by atoms with Crippen LogP contribution in [0.15, 0.2) is 23.4 Å². The Morgan fingerprint density at radius 1 is 1.77 bits per heavy atom. The SMILES string of the molecule is COC(=O)c1ccnc(N=[N+]=[N-])c1. The van der Waals surface area contributed by atoms with Gasteiger partial charge in [0.25, 0.3) is 0 Å². The smallest absolute Gasteiger partial charge is 0.337 e. The summed E-state index contributed by atoms with van der Waals surface area (Å²) in [6.45, 7) is 0. The number of azide groups is 1. The van der Waals surface area contributed by atoms with Crippen molar-refractivity contribution in [3.8, 4) is 0 Å². The standard InChI is InChI=1S/C7H6N4O2/c1-13-7(12)5-2-3-9-6(4-5)10-11-8/h2-4H,1H3. The summed E-state index contributed by atoms with van der Waals surface area (Å²) in [5.74, 6) is -0.345. The lowest BCUT2D eigenvalue weighted by Gasteiger charge is -1.97. The van der Waals surface area contributed by atoms with Crippen molar-refractivity contribution >= 4 is 11.8 Å². The number of hydrogen-bond acceptors (Lipinski definition) is 4. The van der Waals surface area contributed by atoms with E-state index in [2.05, 4.69) is 19.7 Å². The lowest BCUT2D eigenvalue weighted by molar-refractivity contribution is 0.0600. The minimum atomic E-state index is -0.489. The third kappa shape index (κ3) is 2.18. The molecular weight excluding hydrogens is 172 g/mol. The Hall–Kier alpha value is -2.07. The Bertz CT molecular complexity index is 371. The second-order valence-corrected chi connectivity index (χ2v) is 2.08. The predicted octanol–water partition coefficient (Wildman–Crippen LogP) is 1.81. The van der Waals surface area contributed by atoms with Gasteiger partial charge < -0.3 is 4.74 Å². The van der Waals surface area contributed by atoms with E-state index in [4.69, 9.17) is 5.53 Å². The van der Waals surface area contributed by atoms with Gasteiger partial charge in [0, 0.05) is 11.1 Å². The third-order valence-corrected chi connectivity index (χ3v) is 1.31. The highest BCUT2D eigenvalue weighted by Crippen LogP contribution is 2.10. The first-order chi connectivity index (χ1) is 6.27. The molecule has 0 saturated carbocycles. The maximum Gasteiger partial charge on any atom is 0.337 e. The van der Waals surface area contributed by atoms with E-state index in [0.29, 0.717) is 5.56 Å². The molecule has 0 N–H and O–H groups in total. The first-order valence-electron chi connectivity index (χ1n) is 3.37. The molecule has 0 aromatic carbocycles. The number of hydrogen-bond donors (Lipinski definition) is 0. The zero-order valence-electron chi connectivity index (χ0n) is 6.84. The summed E-state index contributed by atoms with van der Waals surface area (Å²) >= 11 is 0. The fourth-order valence-electron chi connectivity index (χ4n) is 0.764. The fraction of sp³-hybridized carbons (Fsp3) is 0.143. The average molecular weight is 178 g/mol. The molecule has 66 valence electrons. The van der Waals surface area contributed by atoms with Crippen LogP contribution in [0.4, 0.5) is 5.82 Å². The van der Waals surface area contributed by atoms with Gasteiger partial charge in [0.05, 0.1) is 12.7 Å². The minimum absolute atomic E-state index is 0.144. The van der Waals surface area contributed by atoms with Crippen LogP contribution in [0, 0.1) is 0 Å². The molecule has 0 saturated heterocycles. The highest BCUT2D eigenvalue weighted by Gasteiger charge is 2.04. The molecule has 13 heavy (non-hydrogen) atoms. The Kier molecular flexibility index (Phi) is 2.83. The monoisotopic (exact) mass is 178 g/mol. The molecule has 0 spiro atoms. The van der Waals surface area contributed by atoms with Gasteiger partial charge in [-0.15, -0.1) is 0 Å². The number of carbonyl (C=O) groups is 1. The molecule has 0 atom stereocenters. The van der Waals surface area contributed by atoms with E-state index in [1.54, 1.807) is 0 Å². The van der Waals surface area contributed by atoms with Crippen molar-refractivity contribution in [1.82, 2.24) is 4.98 Å². The van der Waals surface area contributed by atoms with Gasteiger partial charge in [-0.2, -0.15) is 0 Å². The molecule has 0 aliphatic heterocycles. The van der Waals surface area contributed by atoms with Crippen LogP contribution in [0.5, 0.6) is 0 Å². The number of pyridine rings is 1. The molecule has 0 amide bonds. The second kappa shape index (κ2) is 4.08. The maximum absolute atomic E-state index is 11.0.